The van der Waals surface area contributed by atoms with Crippen LogP contribution in [0.1, 0.15) is 29.3 Å². The highest BCUT2D eigenvalue weighted by atomic mass is 19.4. The van der Waals surface area contributed by atoms with Crippen molar-refractivity contribution in [2.75, 3.05) is 6.54 Å². The first-order valence-corrected chi connectivity index (χ1v) is 7.48. The second-order valence-corrected chi connectivity index (χ2v) is 5.80. The summed E-state index contributed by atoms with van der Waals surface area (Å²) < 4.78 is 39.8. The monoisotopic (exact) mass is 339 g/mol. The van der Waals surface area contributed by atoms with Crippen molar-refractivity contribution in [3.63, 3.8) is 0 Å². The number of carbonyl (C=O) groups excluding carboxylic acids is 1. The predicted octanol–water partition coefficient (Wildman–Crippen LogP) is 2.31. The zero-order chi connectivity index (χ0) is 17.3. The molecule has 0 spiro atoms. The molecule has 2 heterocycles. The zero-order valence-electron chi connectivity index (χ0n) is 12.6. The molecule has 1 aromatic carbocycles. The summed E-state index contributed by atoms with van der Waals surface area (Å²) in [5.74, 6) is -0.349. The number of rotatable bonds is 3. The van der Waals surface area contributed by atoms with Gasteiger partial charge in [0.2, 0.25) is 5.91 Å². The second-order valence-electron chi connectivity index (χ2n) is 5.80. The number of hydrogen-bond donors (Lipinski definition) is 2. The summed E-state index contributed by atoms with van der Waals surface area (Å²) in [5, 5.41) is 16.3. The minimum Gasteiger partial charge on any atom is -0.391 e. The van der Waals surface area contributed by atoms with E-state index in [0.29, 0.717) is 5.69 Å². The minimum atomic E-state index is -4.51. The molecule has 0 bridgehead atoms. The van der Waals surface area contributed by atoms with Crippen LogP contribution in [0.3, 0.4) is 0 Å². The van der Waals surface area contributed by atoms with Crippen LogP contribution in [-0.4, -0.2) is 38.8 Å². The van der Waals surface area contributed by atoms with Gasteiger partial charge in [0.25, 0.3) is 0 Å². The van der Waals surface area contributed by atoms with Gasteiger partial charge in [0, 0.05) is 18.4 Å². The van der Waals surface area contributed by atoms with Gasteiger partial charge in [0.1, 0.15) is 0 Å². The molecule has 5 nitrogen and oxygen atoms in total. The van der Waals surface area contributed by atoms with E-state index in [1.807, 2.05) is 0 Å². The molecule has 0 radical (unpaired) electrons. The molecule has 0 saturated carbocycles. The number of benzene rings is 1. The molecule has 2 N–H and O–H groups in total. The Morgan fingerprint density at radius 2 is 2.08 bits per heavy atom. The van der Waals surface area contributed by atoms with Gasteiger partial charge in [0.05, 0.1) is 24.1 Å². The Labute approximate surface area is 136 Å². The summed E-state index contributed by atoms with van der Waals surface area (Å²) in [6.07, 6.45) is -3.78. The first kappa shape index (κ1) is 16.5. The van der Waals surface area contributed by atoms with Gasteiger partial charge in [-0.15, -0.1) is 0 Å². The second kappa shape index (κ2) is 6.27. The van der Waals surface area contributed by atoms with Gasteiger partial charge in [0.15, 0.2) is 0 Å². The molecular weight excluding hydrogens is 323 g/mol. The van der Waals surface area contributed by atoms with E-state index in [1.165, 1.54) is 29.3 Å². The normalized spacial score (nSPS) is 21.2. The number of hydrogen-bond acceptors (Lipinski definition) is 3. The maximum atomic E-state index is 13.3. The Morgan fingerprint density at radius 3 is 2.75 bits per heavy atom. The van der Waals surface area contributed by atoms with Gasteiger partial charge in [-0.1, -0.05) is 18.2 Å². The number of H-pyrrole nitrogens is 1. The SMILES string of the molecule is O=C(Cc1ccn[nH]1)N1C[C@H](O)C[C@H]1c1ccccc1C(F)(F)F. The number of nitrogens with zero attached hydrogens (tertiary/aromatic N) is 2. The third-order valence-electron chi connectivity index (χ3n) is 4.12. The Hall–Kier alpha value is -2.35. The predicted molar refractivity (Wildman–Crippen MR) is 78.8 cm³/mol. The van der Waals surface area contributed by atoms with Crippen molar-refractivity contribution in [1.29, 1.82) is 0 Å². The van der Waals surface area contributed by atoms with Crippen LogP contribution in [0, 0.1) is 0 Å². The molecule has 3 rings (SSSR count). The molecule has 0 unspecified atom stereocenters. The van der Waals surface area contributed by atoms with E-state index in [1.54, 1.807) is 6.07 Å². The number of aliphatic hydroxyl groups excluding tert-OH is 1. The van der Waals surface area contributed by atoms with Crippen molar-refractivity contribution < 1.29 is 23.1 Å². The molecular formula is C16H16F3N3O2. The number of alkyl halides is 3. The maximum Gasteiger partial charge on any atom is 0.416 e. The smallest absolute Gasteiger partial charge is 0.391 e. The van der Waals surface area contributed by atoms with Gasteiger partial charge < -0.3 is 10.0 Å². The first-order chi connectivity index (χ1) is 11.4. The van der Waals surface area contributed by atoms with Crippen molar-refractivity contribution in [2.24, 2.45) is 0 Å². The lowest BCUT2D eigenvalue weighted by Crippen LogP contribution is -2.33. The van der Waals surface area contributed by atoms with E-state index in [0.717, 1.165) is 6.07 Å². The number of amides is 1. The fourth-order valence-electron chi connectivity index (χ4n) is 3.08. The van der Waals surface area contributed by atoms with Crippen molar-refractivity contribution in [3.8, 4) is 0 Å². The van der Waals surface area contributed by atoms with Crippen LogP contribution in [0.25, 0.3) is 0 Å². The highest BCUT2D eigenvalue weighted by molar-refractivity contribution is 5.79. The van der Waals surface area contributed by atoms with Crippen LogP contribution < -0.4 is 0 Å². The lowest BCUT2D eigenvalue weighted by Gasteiger charge is -2.27. The fraction of sp³-hybridized carbons (Fsp3) is 0.375. The van der Waals surface area contributed by atoms with Crippen LogP contribution in [0.4, 0.5) is 13.2 Å². The summed E-state index contributed by atoms with van der Waals surface area (Å²) >= 11 is 0. The van der Waals surface area contributed by atoms with Gasteiger partial charge in [-0.05, 0) is 24.1 Å². The van der Waals surface area contributed by atoms with Gasteiger partial charge in [-0.3, -0.25) is 9.89 Å². The highest BCUT2D eigenvalue weighted by Gasteiger charge is 2.41. The summed E-state index contributed by atoms with van der Waals surface area (Å²) in [7, 11) is 0. The molecule has 2 atom stereocenters. The van der Waals surface area contributed by atoms with Crippen LogP contribution in [0.2, 0.25) is 0 Å². The molecule has 1 aromatic heterocycles. The molecule has 0 aliphatic carbocycles. The van der Waals surface area contributed by atoms with E-state index in [-0.39, 0.29) is 30.9 Å². The van der Waals surface area contributed by atoms with Gasteiger partial charge in [-0.2, -0.15) is 18.3 Å². The summed E-state index contributed by atoms with van der Waals surface area (Å²) in [6, 6.07) is 6.01. The Kier molecular flexibility index (Phi) is 4.31. The molecule has 2 aromatic rings. The number of halogens is 3. The van der Waals surface area contributed by atoms with E-state index < -0.39 is 23.9 Å². The molecule has 24 heavy (non-hydrogen) atoms. The number of aromatic amines is 1. The van der Waals surface area contributed by atoms with Crippen molar-refractivity contribution in [3.05, 3.63) is 53.3 Å². The van der Waals surface area contributed by atoms with E-state index >= 15 is 0 Å². The van der Waals surface area contributed by atoms with Crippen molar-refractivity contribution >= 4 is 5.91 Å². The zero-order valence-corrected chi connectivity index (χ0v) is 12.6. The van der Waals surface area contributed by atoms with Crippen LogP contribution in [0.15, 0.2) is 36.5 Å². The number of β-amino-alcohol motifs (C(OH)–C–C–N with tert-alkyl or cyclic N) is 1. The minimum absolute atomic E-state index is 0.00257. The van der Waals surface area contributed by atoms with Crippen LogP contribution in [-0.2, 0) is 17.4 Å². The van der Waals surface area contributed by atoms with E-state index in [9.17, 15) is 23.1 Å². The Bertz CT molecular complexity index is 716. The third-order valence-corrected chi connectivity index (χ3v) is 4.12. The summed E-state index contributed by atoms with van der Waals surface area (Å²) in [6.45, 7) is 0.0177. The van der Waals surface area contributed by atoms with Gasteiger partial charge >= 0.3 is 6.18 Å². The number of carbonyl (C=O) groups is 1. The Morgan fingerprint density at radius 1 is 1.33 bits per heavy atom. The molecule has 1 saturated heterocycles. The van der Waals surface area contributed by atoms with E-state index in [4.69, 9.17) is 0 Å². The molecule has 1 amide bonds. The summed E-state index contributed by atoms with van der Waals surface area (Å²) in [5.41, 5.74) is -0.188. The number of nitrogens with one attached hydrogen (secondary N) is 1. The third kappa shape index (κ3) is 3.28. The molecule has 1 fully saturated rings. The van der Waals surface area contributed by atoms with Crippen molar-refractivity contribution in [2.45, 2.75) is 31.2 Å². The maximum absolute atomic E-state index is 13.3. The lowest BCUT2D eigenvalue weighted by atomic mass is 9.97. The lowest BCUT2D eigenvalue weighted by molar-refractivity contribution is -0.140. The Balaban J connectivity index is 1.90. The van der Waals surface area contributed by atoms with Crippen LogP contribution in [0.5, 0.6) is 0 Å². The van der Waals surface area contributed by atoms with Crippen molar-refractivity contribution in [1.82, 2.24) is 15.1 Å². The largest absolute Gasteiger partial charge is 0.416 e. The van der Waals surface area contributed by atoms with Gasteiger partial charge in [-0.25, -0.2) is 0 Å². The molecule has 128 valence electrons. The standard InChI is InChI=1S/C16H16F3N3O2/c17-16(18,19)13-4-2-1-3-12(13)14-8-11(23)9-22(14)15(24)7-10-5-6-20-21-10/h1-6,11,14,23H,7-9H2,(H,20,21)/t11-,14+/m1/s1. The quantitative estimate of drug-likeness (QED) is 0.902. The number of aromatic nitrogens is 2. The number of aliphatic hydroxyl groups is 1. The molecule has 1 aliphatic heterocycles. The average Bonchev–Trinajstić information content (AvgIpc) is 3.15. The number of likely N-dealkylation sites (tertiary alicyclic amines) is 1. The fourth-order valence-corrected chi connectivity index (χ4v) is 3.08. The highest BCUT2D eigenvalue weighted by Crippen LogP contribution is 2.40. The topological polar surface area (TPSA) is 69.2 Å². The average molecular weight is 339 g/mol. The van der Waals surface area contributed by atoms with E-state index in [2.05, 4.69) is 10.2 Å². The molecule has 1 aliphatic rings. The van der Waals surface area contributed by atoms with Crippen LogP contribution >= 0.6 is 0 Å². The first-order valence-electron chi connectivity index (χ1n) is 7.48. The molecule has 8 heteroatoms. The summed E-state index contributed by atoms with van der Waals surface area (Å²) in [4.78, 5) is 13.8.